The lowest BCUT2D eigenvalue weighted by molar-refractivity contribution is -0.114. The first kappa shape index (κ1) is 16.4. The highest BCUT2D eigenvalue weighted by atomic mass is 35.5. The van der Waals surface area contributed by atoms with E-state index in [4.69, 9.17) is 11.6 Å². The summed E-state index contributed by atoms with van der Waals surface area (Å²) in [4.78, 5) is 11.9. The molecule has 22 heavy (non-hydrogen) atoms. The van der Waals surface area contributed by atoms with E-state index in [1.807, 2.05) is 18.2 Å². The monoisotopic (exact) mass is 316 g/mol. The highest BCUT2D eigenvalue weighted by Gasteiger charge is 2.12. The van der Waals surface area contributed by atoms with Crippen LogP contribution in [-0.4, -0.2) is 12.5 Å². The number of hydrogen-bond acceptors (Lipinski definition) is 2. The van der Waals surface area contributed by atoms with E-state index in [1.54, 1.807) is 18.2 Å². The lowest BCUT2D eigenvalue weighted by atomic mass is 9.87. The third kappa shape index (κ3) is 4.78. The van der Waals surface area contributed by atoms with Gasteiger partial charge in [0.1, 0.15) is 0 Å². The maximum Gasteiger partial charge on any atom is 0.243 e. The quantitative estimate of drug-likeness (QED) is 0.859. The number of carbonyl (C=O) groups is 1. The first-order valence-electron chi connectivity index (χ1n) is 7.24. The molecule has 0 atom stereocenters. The Morgan fingerprint density at radius 1 is 1.05 bits per heavy atom. The molecule has 0 fully saturated rings. The van der Waals surface area contributed by atoms with Crippen molar-refractivity contribution in [1.82, 2.24) is 0 Å². The fourth-order valence-electron chi connectivity index (χ4n) is 2.04. The maximum atomic E-state index is 11.9. The number of carbonyl (C=O) groups excluding carboxylic acids is 1. The number of nitrogens with one attached hydrogen (secondary N) is 2. The van der Waals surface area contributed by atoms with Crippen molar-refractivity contribution in [2.75, 3.05) is 17.2 Å². The van der Waals surface area contributed by atoms with Crippen LogP contribution in [0.15, 0.2) is 48.5 Å². The highest BCUT2D eigenvalue weighted by Crippen LogP contribution is 2.23. The maximum absolute atomic E-state index is 11.9. The second-order valence-corrected chi connectivity index (χ2v) is 6.68. The Kier molecular flexibility index (Phi) is 5.09. The molecular formula is C18H21ClN2O. The van der Waals surface area contributed by atoms with E-state index < -0.39 is 0 Å². The summed E-state index contributed by atoms with van der Waals surface area (Å²) in [6.07, 6.45) is 0. The molecule has 3 nitrogen and oxygen atoms in total. The Labute approximate surface area is 136 Å². The van der Waals surface area contributed by atoms with Gasteiger partial charge in [0.2, 0.25) is 5.91 Å². The predicted octanol–water partition coefficient (Wildman–Crippen LogP) is 4.69. The van der Waals surface area contributed by atoms with Gasteiger partial charge in [0, 0.05) is 16.4 Å². The van der Waals surface area contributed by atoms with E-state index in [2.05, 4.69) is 43.5 Å². The second-order valence-electron chi connectivity index (χ2n) is 6.24. The van der Waals surface area contributed by atoms with E-state index >= 15 is 0 Å². The molecule has 0 aliphatic rings. The second kappa shape index (κ2) is 6.84. The van der Waals surface area contributed by atoms with Crippen molar-refractivity contribution in [2.45, 2.75) is 26.2 Å². The summed E-state index contributed by atoms with van der Waals surface area (Å²) in [5.41, 5.74) is 3.01. The molecule has 0 spiro atoms. The Hall–Kier alpha value is -2.00. The van der Waals surface area contributed by atoms with Crippen LogP contribution in [0.5, 0.6) is 0 Å². The molecule has 2 rings (SSSR count). The zero-order chi connectivity index (χ0) is 16.2. The van der Waals surface area contributed by atoms with Crippen molar-refractivity contribution in [1.29, 1.82) is 0 Å². The van der Waals surface area contributed by atoms with Gasteiger partial charge in [0.15, 0.2) is 0 Å². The van der Waals surface area contributed by atoms with Crippen LogP contribution in [0.2, 0.25) is 5.02 Å². The zero-order valence-corrected chi connectivity index (χ0v) is 13.9. The summed E-state index contributed by atoms with van der Waals surface area (Å²) in [5.74, 6) is -0.109. The molecule has 0 unspecified atom stereocenters. The minimum atomic E-state index is -0.109. The standard InChI is InChI=1S/C18H21ClN2O/c1-18(2,3)13-7-9-15(10-8-13)20-12-17(22)21-16-6-4-5-14(19)11-16/h4-11,20H,12H2,1-3H3,(H,21,22). The van der Waals surface area contributed by atoms with Crippen molar-refractivity contribution in [3.8, 4) is 0 Å². The van der Waals surface area contributed by atoms with Crippen LogP contribution in [0.3, 0.4) is 0 Å². The van der Waals surface area contributed by atoms with Gasteiger partial charge in [0.25, 0.3) is 0 Å². The van der Waals surface area contributed by atoms with Gasteiger partial charge in [-0.25, -0.2) is 0 Å². The van der Waals surface area contributed by atoms with Gasteiger partial charge in [-0.3, -0.25) is 4.79 Å². The van der Waals surface area contributed by atoms with Crippen molar-refractivity contribution < 1.29 is 4.79 Å². The Morgan fingerprint density at radius 3 is 2.32 bits per heavy atom. The first-order chi connectivity index (χ1) is 10.3. The van der Waals surface area contributed by atoms with Crippen molar-refractivity contribution in [2.24, 2.45) is 0 Å². The van der Waals surface area contributed by atoms with Gasteiger partial charge in [-0.15, -0.1) is 0 Å². The SMILES string of the molecule is CC(C)(C)c1ccc(NCC(=O)Nc2cccc(Cl)c2)cc1. The summed E-state index contributed by atoms with van der Waals surface area (Å²) < 4.78 is 0. The van der Waals surface area contributed by atoms with Crippen LogP contribution in [0.25, 0.3) is 0 Å². The van der Waals surface area contributed by atoms with Crippen molar-refractivity contribution in [3.63, 3.8) is 0 Å². The number of anilines is 2. The molecule has 0 aromatic heterocycles. The molecule has 116 valence electrons. The van der Waals surface area contributed by atoms with E-state index in [9.17, 15) is 4.79 Å². The van der Waals surface area contributed by atoms with Gasteiger partial charge in [-0.1, -0.05) is 50.6 Å². The van der Waals surface area contributed by atoms with Gasteiger partial charge in [0.05, 0.1) is 6.54 Å². The Bertz CT molecular complexity index is 645. The molecule has 4 heteroatoms. The molecule has 0 heterocycles. The molecule has 1 amide bonds. The summed E-state index contributed by atoms with van der Waals surface area (Å²) in [7, 11) is 0. The highest BCUT2D eigenvalue weighted by molar-refractivity contribution is 6.30. The van der Waals surface area contributed by atoms with Gasteiger partial charge < -0.3 is 10.6 Å². The Morgan fingerprint density at radius 2 is 1.73 bits per heavy atom. The largest absolute Gasteiger partial charge is 0.376 e. The van der Waals surface area contributed by atoms with Gasteiger partial charge in [-0.05, 0) is 41.3 Å². The molecule has 0 bridgehead atoms. The normalized spacial score (nSPS) is 11.1. The third-order valence-electron chi connectivity index (χ3n) is 3.31. The van der Waals surface area contributed by atoms with Crippen LogP contribution in [0.4, 0.5) is 11.4 Å². The van der Waals surface area contributed by atoms with Gasteiger partial charge >= 0.3 is 0 Å². The number of benzene rings is 2. The molecule has 2 aromatic carbocycles. The topological polar surface area (TPSA) is 41.1 Å². The average molecular weight is 317 g/mol. The Balaban J connectivity index is 1.88. The fraction of sp³-hybridized carbons (Fsp3) is 0.278. The number of halogens is 1. The zero-order valence-electron chi connectivity index (χ0n) is 13.1. The van der Waals surface area contributed by atoms with Crippen molar-refractivity contribution >= 4 is 28.9 Å². The third-order valence-corrected chi connectivity index (χ3v) is 3.55. The van der Waals surface area contributed by atoms with Crippen LogP contribution in [0.1, 0.15) is 26.3 Å². The lowest BCUT2D eigenvalue weighted by Gasteiger charge is -2.19. The minimum absolute atomic E-state index is 0.109. The van der Waals surface area contributed by atoms with Crippen molar-refractivity contribution in [3.05, 3.63) is 59.1 Å². The molecule has 2 aromatic rings. The predicted molar refractivity (Wildman–Crippen MR) is 93.7 cm³/mol. The molecule has 0 aliphatic heterocycles. The average Bonchev–Trinajstić information content (AvgIpc) is 2.45. The number of hydrogen-bond donors (Lipinski definition) is 2. The van der Waals surface area contributed by atoms with Gasteiger partial charge in [-0.2, -0.15) is 0 Å². The van der Waals surface area contributed by atoms with E-state index in [-0.39, 0.29) is 17.9 Å². The number of amides is 1. The molecule has 0 saturated carbocycles. The summed E-state index contributed by atoms with van der Waals surface area (Å²) >= 11 is 5.89. The van der Waals surface area contributed by atoms with E-state index in [1.165, 1.54) is 5.56 Å². The smallest absolute Gasteiger partial charge is 0.243 e. The number of rotatable bonds is 4. The van der Waals surface area contributed by atoms with E-state index in [0.717, 1.165) is 5.69 Å². The van der Waals surface area contributed by atoms with E-state index in [0.29, 0.717) is 10.7 Å². The summed E-state index contributed by atoms with van der Waals surface area (Å²) in [6, 6.07) is 15.2. The molecule has 2 N–H and O–H groups in total. The van der Waals surface area contributed by atoms with Crippen LogP contribution >= 0.6 is 11.6 Å². The van der Waals surface area contributed by atoms with Crippen LogP contribution in [0, 0.1) is 0 Å². The molecule has 0 saturated heterocycles. The van der Waals surface area contributed by atoms with Crippen LogP contribution < -0.4 is 10.6 Å². The first-order valence-corrected chi connectivity index (χ1v) is 7.62. The lowest BCUT2D eigenvalue weighted by Crippen LogP contribution is -2.21. The summed E-state index contributed by atoms with van der Waals surface area (Å²) in [6.45, 7) is 6.73. The summed E-state index contributed by atoms with van der Waals surface area (Å²) in [5, 5.41) is 6.52. The fourth-order valence-corrected chi connectivity index (χ4v) is 2.23. The minimum Gasteiger partial charge on any atom is -0.376 e. The molecule has 0 radical (unpaired) electrons. The molecule has 0 aliphatic carbocycles. The molecular weight excluding hydrogens is 296 g/mol. The van der Waals surface area contributed by atoms with Crippen LogP contribution in [-0.2, 0) is 10.2 Å².